The Bertz CT molecular complexity index is 1160. The minimum absolute atomic E-state index is 0.0667. The number of hydrogen-bond acceptors (Lipinski definition) is 5. The third-order valence-electron chi connectivity index (χ3n) is 4.44. The van der Waals surface area contributed by atoms with Crippen LogP contribution in [-0.4, -0.2) is 25.9 Å². The second-order valence-electron chi connectivity index (χ2n) is 6.48. The number of para-hydroxylation sites is 1. The van der Waals surface area contributed by atoms with Crippen LogP contribution in [0.25, 0.3) is 0 Å². The van der Waals surface area contributed by atoms with Crippen LogP contribution in [0.5, 0.6) is 0 Å². The molecule has 0 atom stereocenters. The van der Waals surface area contributed by atoms with Crippen LogP contribution in [-0.2, 0) is 16.4 Å². The molecule has 30 heavy (non-hydrogen) atoms. The number of amides is 1. The Morgan fingerprint density at radius 1 is 1.17 bits per heavy atom. The highest BCUT2D eigenvalue weighted by atomic mass is 35.5. The molecule has 0 radical (unpaired) electrons. The highest BCUT2D eigenvalue weighted by molar-refractivity contribution is 7.93. The zero-order chi connectivity index (χ0) is 21.9. The van der Waals surface area contributed by atoms with Crippen molar-refractivity contribution in [3.8, 4) is 0 Å². The molecule has 1 N–H and O–H groups in total. The molecule has 6 nitrogen and oxygen atoms in total. The fourth-order valence-corrected chi connectivity index (χ4v) is 5.86. The van der Waals surface area contributed by atoms with Gasteiger partial charge in [0.1, 0.15) is 9.77 Å². The molecule has 9 heteroatoms. The molecular weight excluding hydrogens is 442 g/mol. The first-order chi connectivity index (χ1) is 14.3. The largest absolute Gasteiger partial charge is 0.321 e. The number of benzene rings is 2. The lowest BCUT2D eigenvalue weighted by Crippen LogP contribution is -2.31. The fourth-order valence-electron chi connectivity index (χ4n) is 2.99. The SMILES string of the molecule is CCc1nc(C)c(C(=O)Nc2ccc(Cl)c(S(=O)(=O)N(CC)c3ccccc3)c2)s1. The summed E-state index contributed by atoms with van der Waals surface area (Å²) in [7, 11) is -3.93. The van der Waals surface area contributed by atoms with Gasteiger partial charge in [0.15, 0.2) is 0 Å². The highest BCUT2D eigenvalue weighted by Gasteiger charge is 2.27. The third-order valence-corrected chi connectivity index (χ3v) is 8.12. The Morgan fingerprint density at radius 2 is 1.87 bits per heavy atom. The van der Waals surface area contributed by atoms with Gasteiger partial charge in [0.2, 0.25) is 0 Å². The summed E-state index contributed by atoms with van der Waals surface area (Å²) in [6, 6.07) is 13.2. The second kappa shape index (κ2) is 9.16. The van der Waals surface area contributed by atoms with Crippen molar-refractivity contribution in [2.24, 2.45) is 0 Å². The molecule has 0 spiro atoms. The summed E-state index contributed by atoms with van der Waals surface area (Å²) in [5, 5.41) is 3.72. The molecule has 0 saturated carbocycles. The summed E-state index contributed by atoms with van der Waals surface area (Å²) < 4.78 is 27.9. The number of nitrogens with zero attached hydrogens (tertiary/aromatic N) is 2. The van der Waals surface area contributed by atoms with E-state index in [2.05, 4.69) is 10.3 Å². The molecule has 0 fully saturated rings. The van der Waals surface area contributed by atoms with Crippen molar-refractivity contribution in [2.45, 2.75) is 32.1 Å². The number of hydrogen-bond donors (Lipinski definition) is 1. The molecule has 0 saturated heterocycles. The summed E-state index contributed by atoms with van der Waals surface area (Å²) in [6.45, 7) is 5.74. The summed E-state index contributed by atoms with van der Waals surface area (Å²) in [6.07, 6.45) is 0.745. The maximum Gasteiger partial charge on any atom is 0.267 e. The smallest absolute Gasteiger partial charge is 0.267 e. The molecule has 0 bridgehead atoms. The minimum atomic E-state index is -3.93. The van der Waals surface area contributed by atoms with Gasteiger partial charge >= 0.3 is 0 Å². The number of aromatic nitrogens is 1. The van der Waals surface area contributed by atoms with Crippen molar-refractivity contribution in [3.63, 3.8) is 0 Å². The predicted molar refractivity (Wildman–Crippen MR) is 122 cm³/mol. The lowest BCUT2D eigenvalue weighted by Gasteiger charge is -2.23. The van der Waals surface area contributed by atoms with E-state index in [4.69, 9.17) is 11.6 Å². The van der Waals surface area contributed by atoms with Crippen LogP contribution >= 0.6 is 22.9 Å². The number of carbonyl (C=O) groups is 1. The number of aryl methyl sites for hydroxylation is 2. The monoisotopic (exact) mass is 463 g/mol. The predicted octanol–water partition coefficient (Wildman–Crippen LogP) is 5.13. The van der Waals surface area contributed by atoms with Gasteiger partial charge in [-0.05, 0) is 50.6 Å². The van der Waals surface area contributed by atoms with Crippen molar-refractivity contribution in [1.82, 2.24) is 4.98 Å². The number of sulfonamides is 1. The van der Waals surface area contributed by atoms with Crippen molar-refractivity contribution < 1.29 is 13.2 Å². The lowest BCUT2D eigenvalue weighted by atomic mass is 10.3. The number of rotatable bonds is 7. The zero-order valence-electron chi connectivity index (χ0n) is 16.8. The Balaban J connectivity index is 1.94. The number of carbonyl (C=O) groups excluding carboxylic acids is 1. The van der Waals surface area contributed by atoms with Crippen LogP contribution < -0.4 is 9.62 Å². The summed E-state index contributed by atoms with van der Waals surface area (Å²) in [4.78, 5) is 17.5. The zero-order valence-corrected chi connectivity index (χ0v) is 19.2. The van der Waals surface area contributed by atoms with E-state index in [0.717, 1.165) is 11.4 Å². The molecular formula is C21H22ClN3O3S2. The van der Waals surface area contributed by atoms with E-state index in [1.807, 2.05) is 13.0 Å². The van der Waals surface area contributed by atoms with Crippen molar-refractivity contribution in [3.05, 3.63) is 69.1 Å². The Hall–Kier alpha value is -2.42. The molecule has 1 aromatic heterocycles. The van der Waals surface area contributed by atoms with Crippen molar-refractivity contribution in [1.29, 1.82) is 0 Å². The normalized spacial score (nSPS) is 11.3. The highest BCUT2D eigenvalue weighted by Crippen LogP contribution is 2.31. The van der Waals surface area contributed by atoms with E-state index in [1.165, 1.54) is 27.8 Å². The van der Waals surface area contributed by atoms with Crippen LogP contribution in [0, 0.1) is 6.92 Å². The topological polar surface area (TPSA) is 79.4 Å². The van der Waals surface area contributed by atoms with Gasteiger partial charge in [-0.2, -0.15) is 0 Å². The van der Waals surface area contributed by atoms with E-state index < -0.39 is 10.0 Å². The Kier molecular flexibility index (Phi) is 6.80. The summed E-state index contributed by atoms with van der Waals surface area (Å²) in [5.74, 6) is -0.328. The van der Waals surface area contributed by atoms with Crippen molar-refractivity contribution >= 4 is 50.2 Å². The lowest BCUT2D eigenvalue weighted by molar-refractivity contribution is 0.102. The van der Waals surface area contributed by atoms with Gasteiger partial charge in [0.05, 0.1) is 21.4 Å². The van der Waals surface area contributed by atoms with Gasteiger partial charge in [-0.3, -0.25) is 9.10 Å². The minimum Gasteiger partial charge on any atom is -0.321 e. The molecule has 158 valence electrons. The maximum atomic E-state index is 13.3. The van der Waals surface area contributed by atoms with Crippen LogP contribution in [0.2, 0.25) is 5.02 Å². The number of halogens is 1. The van der Waals surface area contributed by atoms with Gasteiger partial charge in [0.25, 0.3) is 15.9 Å². The number of nitrogens with one attached hydrogen (secondary N) is 1. The third kappa shape index (κ3) is 4.50. The Labute approximate surface area is 185 Å². The molecule has 3 aromatic rings. The summed E-state index contributed by atoms with van der Waals surface area (Å²) in [5.41, 5.74) is 1.54. The maximum absolute atomic E-state index is 13.3. The van der Waals surface area contributed by atoms with Crippen LogP contribution in [0.15, 0.2) is 53.4 Å². The van der Waals surface area contributed by atoms with E-state index >= 15 is 0 Å². The Morgan fingerprint density at radius 3 is 2.47 bits per heavy atom. The van der Waals surface area contributed by atoms with Gasteiger partial charge in [0, 0.05) is 12.2 Å². The first-order valence-electron chi connectivity index (χ1n) is 9.42. The average Bonchev–Trinajstić information content (AvgIpc) is 3.11. The first-order valence-corrected chi connectivity index (χ1v) is 12.1. The van der Waals surface area contributed by atoms with Gasteiger partial charge in [-0.25, -0.2) is 13.4 Å². The van der Waals surface area contributed by atoms with E-state index in [1.54, 1.807) is 44.2 Å². The van der Waals surface area contributed by atoms with Crippen LogP contribution in [0.4, 0.5) is 11.4 Å². The van der Waals surface area contributed by atoms with Gasteiger partial charge in [-0.15, -0.1) is 11.3 Å². The van der Waals surface area contributed by atoms with Crippen LogP contribution in [0.1, 0.15) is 34.2 Å². The standard InChI is InChI=1S/C21H22ClN3O3S2/c1-4-19-23-14(3)20(29-19)21(26)24-15-11-12-17(22)18(13-15)30(27,28)25(5-2)16-9-7-6-8-10-16/h6-13H,4-5H2,1-3H3,(H,24,26). The number of thiazole rings is 1. The van der Waals surface area contributed by atoms with Gasteiger partial charge < -0.3 is 5.32 Å². The average molecular weight is 464 g/mol. The number of anilines is 2. The van der Waals surface area contributed by atoms with Gasteiger partial charge in [-0.1, -0.05) is 36.7 Å². The molecule has 0 unspecified atom stereocenters. The fraction of sp³-hybridized carbons (Fsp3) is 0.238. The molecule has 0 aliphatic rings. The van der Waals surface area contributed by atoms with E-state index in [0.29, 0.717) is 21.9 Å². The molecule has 3 rings (SSSR count). The molecule has 0 aliphatic carbocycles. The van der Waals surface area contributed by atoms with E-state index in [-0.39, 0.29) is 22.4 Å². The van der Waals surface area contributed by atoms with E-state index in [9.17, 15) is 13.2 Å². The quantitative estimate of drug-likeness (QED) is 0.526. The summed E-state index contributed by atoms with van der Waals surface area (Å²) >= 11 is 7.57. The van der Waals surface area contributed by atoms with Crippen LogP contribution in [0.3, 0.4) is 0 Å². The molecule has 0 aliphatic heterocycles. The molecule has 1 amide bonds. The first kappa shape index (κ1) is 22.3. The van der Waals surface area contributed by atoms with Crippen molar-refractivity contribution in [2.75, 3.05) is 16.2 Å². The molecule has 1 heterocycles. The second-order valence-corrected chi connectivity index (χ2v) is 9.80. The molecule has 2 aromatic carbocycles.